The molecule has 3 heterocycles. The second kappa shape index (κ2) is 6.53. The standard InChI is InChI=1S/C16H14ClF2N5O/c17-10-3-1-4-11(18)9(10)7-20-14-13-15(23-16(19)22-14)24(8-21-13)12-5-2-6-25-12/h1,3-4,8,12H,2,5-7H2,(H,20,22,23). The average Bonchev–Trinajstić information content (AvgIpc) is 3.23. The number of hydrogen-bond donors (Lipinski definition) is 1. The van der Waals surface area contributed by atoms with Gasteiger partial charge in [-0.15, -0.1) is 0 Å². The molecule has 2 aromatic heterocycles. The lowest BCUT2D eigenvalue weighted by molar-refractivity contribution is 0.0592. The number of ether oxygens (including phenoxy) is 1. The first-order valence-electron chi connectivity index (χ1n) is 7.82. The normalized spacial score (nSPS) is 17.3. The monoisotopic (exact) mass is 365 g/mol. The van der Waals surface area contributed by atoms with Crippen molar-refractivity contribution in [3.63, 3.8) is 0 Å². The Hall–Kier alpha value is -2.32. The quantitative estimate of drug-likeness (QED) is 0.714. The molecule has 1 unspecified atom stereocenters. The first kappa shape index (κ1) is 16.2. The Morgan fingerprint density at radius 1 is 1.32 bits per heavy atom. The molecule has 4 rings (SSSR count). The van der Waals surface area contributed by atoms with E-state index in [0.29, 0.717) is 17.8 Å². The zero-order valence-corrected chi connectivity index (χ0v) is 13.8. The summed E-state index contributed by atoms with van der Waals surface area (Å²) in [5.74, 6) is -0.269. The molecule has 0 radical (unpaired) electrons. The second-order valence-corrected chi connectivity index (χ2v) is 6.09. The molecule has 1 aromatic carbocycles. The van der Waals surface area contributed by atoms with Crippen LogP contribution in [0.25, 0.3) is 11.2 Å². The Bertz CT molecular complexity index is 906. The van der Waals surface area contributed by atoms with E-state index >= 15 is 0 Å². The Labute approximate surface area is 146 Å². The number of aromatic nitrogens is 4. The molecule has 3 aromatic rings. The molecule has 0 spiro atoms. The van der Waals surface area contributed by atoms with E-state index in [9.17, 15) is 8.78 Å². The Balaban J connectivity index is 1.67. The van der Waals surface area contributed by atoms with Crippen LogP contribution in [-0.4, -0.2) is 26.1 Å². The van der Waals surface area contributed by atoms with Crippen LogP contribution in [0.4, 0.5) is 14.6 Å². The fraction of sp³-hybridized carbons (Fsp3) is 0.312. The van der Waals surface area contributed by atoms with Gasteiger partial charge < -0.3 is 10.1 Å². The molecule has 0 amide bonds. The molecule has 1 atom stereocenters. The molecular formula is C16H14ClF2N5O. The summed E-state index contributed by atoms with van der Waals surface area (Å²) in [5, 5.41) is 3.18. The van der Waals surface area contributed by atoms with Crippen LogP contribution < -0.4 is 5.32 Å². The van der Waals surface area contributed by atoms with Gasteiger partial charge in [0.2, 0.25) is 0 Å². The first-order valence-corrected chi connectivity index (χ1v) is 8.19. The molecule has 25 heavy (non-hydrogen) atoms. The third-order valence-corrected chi connectivity index (χ3v) is 4.46. The minimum absolute atomic E-state index is 0.0455. The third kappa shape index (κ3) is 3.03. The molecule has 1 aliphatic heterocycles. The van der Waals surface area contributed by atoms with Gasteiger partial charge in [0.25, 0.3) is 0 Å². The second-order valence-electron chi connectivity index (χ2n) is 5.69. The third-order valence-electron chi connectivity index (χ3n) is 4.10. The van der Waals surface area contributed by atoms with E-state index in [-0.39, 0.29) is 29.2 Å². The van der Waals surface area contributed by atoms with Crippen LogP contribution in [0.1, 0.15) is 24.6 Å². The fourth-order valence-electron chi connectivity index (χ4n) is 2.88. The number of hydrogen-bond acceptors (Lipinski definition) is 5. The summed E-state index contributed by atoms with van der Waals surface area (Å²) in [4.78, 5) is 11.8. The molecule has 0 aliphatic carbocycles. The first-order chi connectivity index (χ1) is 12.1. The van der Waals surface area contributed by atoms with Crippen molar-refractivity contribution >= 4 is 28.6 Å². The van der Waals surface area contributed by atoms with Gasteiger partial charge in [-0.05, 0) is 25.0 Å². The lowest BCUT2D eigenvalue weighted by Crippen LogP contribution is -2.09. The lowest BCUT2D eigenvalue weighted by atomic mass is 10.2. The van der Waals surface area contributed by atoms with Crippen LogP contribution in [0.15, 0.2) is 24.5 Å². The predicted molar refractivity (Wildman–Crippen MR) is 88.2 cm³/mol. The number of imidazole rings is 1. The van der Waals surface area contributed by atoms with Gasteiger partial charge in [-0.2, -0.15) is 14.4 Å². The van der Waals surface area contributed by atoms with Crippen molar-refractivity contribution in [3.8, 4) is 0 Å². The molecule has 1 saturated heterocycles. The van der Waals surface area contributed by atoms with Crippen LogP contribution in [0.5, 0.6) is 0 Å². The maximum atomic E-state index is 13.9. The van der Waals surface area contributed by atoms with Crippen LogP contribution in [0, 0.1) is 11.9 Å². The number of halogens is 3. The molecule has 1 aliphatic rings. The van der Waals surface area contributed by atoms with Gasteiger partial charge in [-0.3, -0.25) is 4.57 Å². The van der Waals surface area contributed by atoms with Gasteiger partial charge in [-0.25, -0.2) is 9.37 Å². The predicted octanol–water partition coefficient (Wildman–Crippen LogP) is 3.68. The highest BCUT2D eigenvalue weighted by Gasteiger charge is 2.22. The smallest absolute Gasteiger partial charge is 0.312 e. The summed E-state index contributed by atoms with van der Waals surface area (Å²) in [5.41, 5.74) is 1.00. The molecule has 1 fully saturated rings. The number of nitrogens with one attached hydrogen (secondary N) is 1. The maximum absolute atomic E-state index is 13.9. The van der Waals surface area contributed by atoms with E-state index in [1.165, 1.54) is 12.1 Å². The van der Waals surface area contributed by atoms with E-state index in [1.807, 2.05) is 0 Å². The van der Waals surface area contributed by atoms with Gasteiger partial charge in [0.05, 0.1) is 6.33 Å². The van der Waals surface area contributed by atoms with Crippen molar-refractivity contribution in [3.05, 3.63) is 47.0 Å². The summed E-state index contributed by atoms with van der Waals surface area (Å²) in [7, 11) is 0. The molecule has 9 heteroatoms. The largest absolute Gasteiger partial charge is 0.364 e. The van der Waals surface area contributed by atoms with Gasteiger partial charge >= 0.3 is 6.08 Å². The van der Waals surface area contributed by atoms with Gasteiger partial charge in [-0.1, -0.05) is 17.7 Å². The summed E-state index contributed by atoms with van der Waals surface area (Å²) in [6, 6.07) is 4.42. The highest BCUT2D eigenvalue weighted by atomic mass is 35.5. The van der Waals surface area contributed by atoms with Gasteiger partial charge in [0, 0.05) is 23.7 Å². The molecular weight excluding hydrogens is 352 g/mol. The summed E-state index contributed by atoms with van der Waals surface area (Å²) >= 11 is 6.01. The number of anilines is 1. The zero-order chi connectivity index (χ0) is 17.4. The van der Waals surface area contributed by atoms with Crippen molar-refractivity contribution in [2.45, 2.75) is 25.6 Å². The van der Waals surface area contributed by atoms with Crippen molar-refractivity contribution in [1.29, 1.82) is 0 Å². The molecule has 0 saturated carbocycles. The van der Waals surface area contributed by atoms with E-state index < -0.39 is 11.9 Å². The summed E-state index contributed by atoms with van der Waals surface area (Å²) < 4.78 is 35.1. The Morgan fingerprint density at radius 2 is 2.20 bits per heavy atom. The van der Waals surface area contributed by atoms with Crippen molar-refractivity contribution in [1.82, 2.24) is 19.5 Å². The van der Waals surface area contributed by atoms with Crippen LogP contribution >= 0.6 is 11.6 Å². The van der Waals surface area contributed by atoms with Gasteiger partial charge in [0.1, 0.15) is 12.0 Å². The van der Waals surface area contributed by atoms with Crippen molar-refractivity contribution < 1.29 is 13.5 Å². The highest BCUT2D eigenvalue weighted by molar-refractivity contribution is 6.31. The maximum Gasteiger partial charge on any atom is 0.312 e. The molecule has 0 bridgehead atoms. The van der Waals surface area contributed by atoms with Gasteiger partial charge in [0.15, 0.2) is 17.0 Å². The SMILES string of the molecule is Fc1nc(NCc2c(F)cccc2Cl)c2ncn(C3CCCO3)c2n1. The minimum atomic E-state index is -0.894. The minimum Gasteiger partial charge on any atom is -0.364 e. The van der Waals surface area contributed by atoms with E-state index in [1.54, 1.807) is 17.0 Å². The highest BCUT2D eigenvalue weighted by Crippen LogP contribution is 2.28. The Morgan fingerprint density at radius 3 is 2.96 bits per heavy atom. The van der Waals surface area contributed by atoms with E-state index in [0.717, 1.165) is 12.8 Å². The molecule has 1 N–H and O–H groups in total. The van der Waals surface area contributed by atoms with Crippen LogP contribution in [-0.2, 0) is 11.3 Å². The molecule has 6 nitrogen and oxygen atoms in total. The summed E-state index contributed by atoms with van der Waals surface area (Å²) in [6.07, 6.45) is 2.18. The number of nitrogens with zero attached hydrogens (tertiary/aromatic N) is 4. The van der Waals surface area contributed by atoms with E-state index in [4.69, 9.17) is 16.3 Å². The average molecular weight is 366 g/mol. The molecule has 130 valence electrons. The van der Waals surface area contributed by atoms with Crippen LogP contribution in [0.2, 0.25) is 5.02 Å². The summed E-state index contributed by atoms with van der Waals surface area (Å²) in [6.45, 7) is 0.693. The Kier molecular flexibility index (Phi) is 4.22. The number of fused-ring (bicyclic) bond motifs is 1. The van der Waals surface area contributed by atoms with E-state index in [2.05, 4.69) is 20.3 Å². The number of benzene rings is 1. The van der Waals surface area contributed by atoms with Crippen molar-refractivity contribution in [2.75, 3.05) is 11.9 Å². The number of rotatable bonds is 4. The topological polar surface area (TPSA) is 64.9 Å². The fourth-order valence-corrected chi connectivity index (χ4v) is 3.11. The van der Waals surface area contributed by atoms with Crippen LogP contribution in [0.3, 0.4) is 0 Å². The van der Waals surface area contributed by atoms with Crippen molar-refractivity contribution in [2.24, 2.45) is 0 Å². The lowest BCUT2D eigenvalue weighted by Gasteiger charge is -2.12. The zero-order valence-electron chi connectivity index (χ0n) is 13.0.